The van der Waals surface area contributed by atoms with E-state index in [9.17, 15) is 17.6 Å². The number of piperidine rings is 1. The Balaban J connectivity index is 1.67. The predicted molar refractivity (Wildman–Crippen MR) is 107 cm³/mol. The number of carbonyl (C=O) groups excluding carboxylic acids is 1. The van der Waals surface area contributed by atoms with Crippen LogP contribution < -0.4 is 10.1 Å². The molecule has 8 heteroatoms. The molecule has 3 rings (SSSR count). The van der Waals surface area contributed by atoms with Crippen molar-refractivity contribution >= 4 is 15.9 Å². The average Bonchev–Trinajstić information content (AvgIpc) is 2.74. The van der Waals surface area contributed by atoms with Gasteiger partial charge in [0.15, 0.2) is 0 Å². The molecule has 1 fully saturated rings. The molecular formula is C21H25FN2O4S. The van der Waals surface area contributed by atoms with Gasteiger partial charge in [-0.3, -0.25) is 4.79 Å². The molecule has 6 nitrogen and oxygen atoms in total. The molecule has 0 radical (unpaired) electrons. The van der Waals surface area contributed by atoms with Gasteiger partial charge in [0.25, 0.3) is 0 Å². The highest BCUT2D eigenvalue weighted by Gasteiger charge is 2.33. The average molecular weight is 421 g/mol. The van der Waals surface area contributed by atoms with E-state index in [1.807, 2.05) is 6.92 Å². The number of benzene rings is 2. The molecule has 1 N–H and O–H groups in total. The van der Waals surface area contributed by atoms with Crippen LogP contribution in [-0.4, -0.2) is 38.8 Å². The van der Waals surface area contributed by atoms with Gasteiger partial charge in [-0.1, -0.05) is 12.1 Å². The van der Waals surface area contributed by atoms with Crippen LogP contribution >= 0.6 is 0 Å². The van der Waals surface area contributed by atoms with Gasteiger partial charge in [-0.15, -0.1) is 0 Å². The first-order chi connectivity index (χ1) is 13.8. The van der Waals surface area contributed by atoms with Crippen molar-refractivity contribution in [3.8, 4) is 5.75 Å². The molecule has 0 bridgehead atoms. The highest BCUT2D eigenvalue weighted by atomic mass is 32.2. The summed E-state index contributed by atoms with van der Waals surface area (Å²) < 4.78 is 45.4. The molecule has 0 aromatic heterocycles. The van der Waals surface area contributed by atoms with E-state index in [0.717, 1.165) is 5.56 Å². The van der Waals surface area contributed by atoms with E-state index in [4.69, 9.17) is 4.74 Å². The zero-order chi connectivity index (χ0) is 21.0. The van der Waals surface area contributed by atoms with Crippen LogP contribution in [0, 0.1) is 11.7 Å². The fourth-order valence-electron chi connectivity index (χ4n) is 3.44. The van der Waals surface area contributed by atoms with E-state index in [0.29, 0.717) is 25.1 Å². The molecule has 2 aromatic rings. The molecule has 29 heavy (non-hydrogen) atoms. The maximum atomic E-state index is 13.1. The fraction of sp³-hybridized carbons (Fsp3) is 0.381. The van der Waals surface area contributed by atoms with Gasteiger partial charge in [0.2, 0.25) is 15.9 Å². The van der Waals surface area contributed by atoms with E-state index >= 15 is 0 Å². The number of hydrogen-bond donors (Lipinski definition) is 1. The summed E-state index contributed by atoms with van der Waals surface area (Å²) in [4.78, 5) is 12.9. The predicted octanol–water partition coefficient (Wildman–Crippen LogP) is 3.11. The van der Waals surface area contributed by atoms with Crippen LogP contribution in [0.3, 0.4) is 0 Å². The maximum Gasteiger partial charge on any atom is 0.243 e. The minimum absolute atomic E-state index is 0.135. The standard InChI is InChI=1S/C21H25FN2O4S/c1-15(16-5-7-18(22)8-6-16)23-21(25)17-4-3-13-24(14-17)29(26,27)20-11-9-19(28-2)10-12-20/h5-12,15,17H,3-4,13-14H2,1-2H3,(H,23,25)/t15-,17+/m1/s1. The lowest BCUT2D eigenvalue weighted by Crippen LogP contribution is -2.45. The minimum atomic E-state index is -3.68. The second-order valence-electron chi connectivity index (χ2n) is 7.16. The highest BCUT2D eigenvalue weighted by molar-refractivity contribution is 7.89. The first-order valence-corrected chi connectivity index (χ1v) is 11.0. The first kappa shape index (κ1) is 21.3. The number of halogens is 1. The second-order valence-corrected chi connectivity index (χ2v) is 9.10. The molecule has 0 aliphatic carbocycles. The Morgan fingerprint density at radius 1 is 1.17 bits per heavy atom. The third-order valence-corrected chi connectivity index (χ3v) is 7.06. The van der Waals surface area contributed by atoms with Gasteiger partial charge in [-0.25, -0.2) is 12.8 Å². The summed E-state index contributed by atoms with van der Waals surface area (Å²) in [6.07, 6.45) is 1.23. The van der Waals surface area contributed by atoms with E-state index < -0.39 is 15.9 Å². The summed E-state index contributed by atoms with van der Waals surface area (Å²) in [5.41, 5.74) is 0.790. The molecule has 0 spiro atoms. The molecule has 0 saturated carbocycles. The van der Waals surface area contributed by atoms with Gasteiger partial charge >= 0.3 is 0 Å². The third kappa shape index (κ3) is 4.94. The van der Waals surface area contributed by atoms with Gasteiger partial charge in [0, 0.05) is 13.1 Å². The molecule has 0 unspecified atom stereocenters. The van der Waals surface area contributed by atoms with Crippen molar-refractivity contribution in [1.29, 1.82) is 0 Å². The number of rotatable bonds is 6. The Labute approximate surface area is 170 Å². The zero-order valence-electron chi connectivity index (χ0n) is 16.5. The third-order valence-electron chi connectivity index (χ3n) is 5.18. The molecule has 1 heterocycles. The van der Waals surface area contributed by atoms with E-state index in [1.54, 1.807) is 24.3 Å². The first-order valence-electron chi connectivity index (χ1n) is 9.51. The summed E-state index contributed by atoms with van der Waals surface area (Å²) in [7, 11) is -2.16. The van der Waals surface area contributed by atoms with Crippen LogP contribution in [0.1, 0.15) is 31.4 Å². The molecule has 1 amide bonds. The van der Waals surface area contributed by atoms with Crippen LogP contribution in [0.4, 0.5) is 4.39 Å². The number of ether oxygens (including phenoxy) is 1. The highest BCUT2D eigenvalue weighted by Crippen LogP contribution is 2.26. The van der Waals surface area contributed by atoms with E-state index in [-0.39, 0.29) is 29.2 Å². The Morgan fingerprint density at radius 3 is 2.45 bits per heavy atom. The minimum Gasteiger partial charge on any atom is -0.497 e. The van der Waals surface area contributed by atoms with Gasteiger partial charge in [-0.2, -0.15) is 4.31 Å². The van der Waals surface area contributed by atoms with Crippen molar-refractivity contribution in [3.05, 3.63) is 59.9 Å². The molecule has 1 saturated heterocycles. The van der Waals surface area contributed by atoms with Crippen molar-refractivity contribution in [1.82, 2.24) is 9.62 Å². The van der Waals surface area contributed by atoms with Crippen LogP contribution in [0.5, 0.6) is 5.75 Å². The smallest absolute Gasteiger partial charge is 0.243 e. The number of sulfonamides is 1. The van der Waals surface area contributed by atoms with E-state index in [1.165, 1.54) is 35.7 Å². The van der Waals surface area contributed by atoms with Crippen LogP contribution in [0.2, 0.25) is 0 Å². The van der Waals surface area contributed by atoms with E-state index in [2.05, 4.69) is 5.32 Å². The fourth-order valence-corrected chi connectivity index (χ4v) is 4.96. The lowest BCUT2D eigenvalue weighted by atomic mass is 9.98. The Hall–Kier alpha value is -2.45. The summed E-state index contributed by atoms with van der Waals surface area (Å²) in [6.45, 7) is 2.34. The van der Waals surface area contributed by atoms with Crippen molar-refractivity contribution in [2.75, 3.05) is 20.2 Å². The molecular weight excluding hydrogens is 395 g/mol. The topological polar surface area (TPSA) is 75.7 Å². The number of carbonyl (C=O) groups is 1. The number of amides is 1. The summed E-state index contributed by atoms with van der Waals surface area (Å²) in [5, 5.41) is 2.91. The molecule has 156 valence electrons. The van der Waals surface area contributed by atoms with Crippen LogP contribution in [0.15, 0.2) is 53.4 Å². The molecule has 2 aromatic carbocycles. The largest absolute Gasteiger partial charge is 0.497 e. The molecule has 2 atom stereocenters. The number of nitrogens with zero attached hydrogens (tertiary/aromatic N) is 1. The lowest BCUT2D eigenvalue weighted by molar-refractivity contribution is -0.126. The van der Waals surface area contributed by atoms with Crippen molar-refractivity contribution in [3.63, 3.8) is 0 Å². The summed E-state index contributed by atoms with van der Waals surface area (Å²) >= 11 is 0. The van der Waals surface area contributed by atoms with Gasteiger partial charge in [0.1, 0.15) is 11.6 Å². The number of nitrogens with one attached hydrogen (secondary N) is 1. The molecule has 1 aliphatic rings. The quantitative estimate of drug-likeness (QED) is 0.779. The van der Waals surface area contributed by atoms with Gasteiger partial charge < -0.3 is 10.1 Å². The summed E-state index contributed by atoms with van der Waals surface area (Å²) in [6, 6.07) is 11.9. The van der Waals surface area contributed by atoms with Crippen molar-refractivity contribution in [2.45, 2.75) is 30.7 Å². The number of methoxy groups -OCH3 is 1. The Morgan fingerprint density at radius 2 is 1.83 bits per heavy atom. The zero-order valence-corrected chi connectivity index (χ0v) is 17.3. The lowest BCUT2D eigenvalue weighted by Gasteiger charge is -2.32. The Kier molecular flexibility index (Phi) is 6.54. The van der Waals surface area contributed by atoms with Gasteiger partial charge in [0.05, 0.1) is 24.0 Å². The monoisotopic (exact) mass is 420 g/mol. The van der Waals surface area contributed by atoms with Gasteiger partial charge in [-0.05, 0) is 61.7 Å². The Bertz CT molecular complexity index is 946. The van der Waals surface area contributed by atoms with Crippen molar-refractivity contribution in [2.24, 2.45) is 5.92 Å². The summed E-state index contributed by atoms with van der Waals surface area (Å²) in [5.74, 6) is -0.385. The number of hydrogen-bond acceptors (Lipinski definition) is 4. The van der Waals surface area contributed by atoms with Crippen LogP contribution in [0.25, 0.3) is 0 Å². The second kappa shape index (κ2) is 8.92. The normalized spacial score (nSPS) is 18.8. The van der Waals surface area contributed by atoms with Crippen LogP contribution in [-0.2, 0) is 14.8 Å². The maximum absolute atomic E-state index is 13.1. The SMILES string of the molecule is COc1ccc(S(=O)(=O)N2CCC[C@H](C(=O)N[C@H](C)c3ccc(F)cc3)C2)cc1. The molecule has 1 aliphatic heterocycles. The van der Waals surface area contributed by atoms with Crippen molar-refractivity contribution < 1.29 is 22.3 Å².